The molecule has 3 N–H and O–H groups in total. The van der Waals surface area contributed by atoms with Gasteiger partial charge in [-0.2, -0.15) is 0 Å². The Morgan fingerprint density at radius 1 is 1.19 bits per heavy atom. The van der Waals surface area contributed by atoms with E-state index in [0.29, 0.717) is 5.02 Å². The number of sulfonamides is 1. The molecule has 5 nitrogen and oxygen atoms in total. The predicted molar refractivity (Wildman–Crippen MR) is 77.2 cm³/mol. The second-order valence-electron chi connectivity index (χ2n) is 4.15. The summed E-state index contributed by atoms with van der Waals surface area (Å²) in [4.78, 5) is 11.5. The first-order valence-corrected chi connectivity index (χ1v) is 7.59. The summed E-state index contributed by atoms with van der Waals surface area (Å²) in [6.07, 6.45) is 0. The fourth-order valence-corrected chi connectivity index (χ4v) is 2.31. The standard InChI is InChI=1S/C13H10ClFN2O3S/c14-9-3-1-2-8(6-9)13(18)17-12-5-4-10(7-11(12)15)21(16,19)20/h1-7H,(H,17,18)(H2,16,19,20). The number of benzene rings is 2. The van der Waals surface area contributed by atoms with Crippen molar-refractivity contribution in [3.63, 3.8) is 0 Å². The summed E-state index contributed by atoms with van der Waals surface area (Å²) < 4.78 is 35.9. The first kappa shape index (κ1) is 15.4. The van der Waals surface area contributed by atoms with Crippen molar-refractivity contribution < 1.29 is 17.6 Å². The molecule has 0 saturated heterocycles. The summed E-state index contributed by atoms with van der Waals surface area (Å²) in [6, 6.07) is 9.08. The van der Waals surface area contributed by atoms with Crippen molar-refractivity contribution in [2.24, 2.45) is 5.14 Å². The summed E-state index contributed by atoms with van der Waals surface area (Å²) in [5.74, 6) is -1.48. The second-order valence-corrected chi connectivity index (χ2v) is 6.15. The van der Waals surface area contributed by atoms with Crippen LogP contribution in [0.25, 0.3) is 0 Å². The minimum atomic E-state index is -4.00. The molecule has 0 aromatic heterocycles. The van der Waals surface area contributed by atoms with Gasteiger partial charge in [-0.1, -0.05) is 17.7 Å². The van der Waals surface area contributed by atoms with Crippen LogP contribution in [0, 0.1) is 5.82 Å². The van der Waals surface area contributed by atoms with Gasteiger partial charge in [-0.3, -0.25) is 4.79 Å². The third kappa shape index (κ3) is 3.78. The van der Waals surface area contributed by atoms with Crippen molar-refractivity contribution in [2.75, 3.05) is 5.32 Å². The molecule has 0 radical (unpaired) electrons. The Kier molecular flexibility index (Phi) is 4.26. The fraction of sp³-hybridized carbons (Fsp3) is 0. The summed E-state index contributed by atoms with van der Waals surface area (Å²) in [5.41, 5.74) is 0.0878. The largest absolute Gasteiger partial charge is 0.319 e. The van der Waals surface area contributed by atoms with Gasteiger partial charge < -0.3 is 5.32 Å². The van der Waals surface area contributed by atoms with E-state index in [1.807, 2.05) is 0 Å². The summed E-state index contributed by atoms with van der Waals surface area (Å²) in [7, 11) is -4.00. The molecule has 0 fully saturated rings. The fourth-order valence-electron chi connectivity index (χ4n) is 1.60. The maximum absolute atomic E-state index is 13.8. The van der Waals surface area contributed by atoms with E-state index >= 15 is 0 Å². The molecule has 0 aliphatic heterocycles. The topological polar surface area (TPSA) is 89.3 Å². The quantitative estimate of drug-likeness (QED) is 0.906. The van der Waals surface area contributed by atoms with E-state index < -0.39 is 21.7 Å². The molecule has 0 aliphatic carbocycles. The summed E-state index contributed by atoms with van der Waals surface area (Å²) >= 11 is 5.76. The van der Waals surface area contributed by atoms with E-state index in [1.165, 1.54) is 12.1 Å². The first-order valence-electron chi connectivity index (χ1n) is 5.66. The average molecular weight is 329 g/mol. The third-order valence-electron chi connectivity index (χ3n) is 2.60. The number of amides is 1. The Bertz CT molecular complexity index is 809. The van der Waals surface area contributed by atoms with Gasteiger partial charge >= 0.3 is 0 Å². The van der Waals surface area contributed by atoms with Gasteiger partial charge in [0.25, 0.3) is 5.91 Å². The highest BCUT2D eigenvalue weighted by Gasteiger charge is 2.14. The molecule has 0 bridgehead atoms. The van der Waals surface area contributed by atoms with Gasteiger partial charge in [0, 0.05) is 10.6 Å². The number of primary sulfonamides is 1. The van der Waals surface area contributed by atoms with Gasteiger partial charge in [-0.15, -0.1) is 0 Å². The molecule has 0 aliphatic rings. The number of hydrogen-bond donors (Lipinski definition) is 2. The van der Waals surface area contributed by atoms with Crippen LogP contribution in [-0.2, 0) is 10.0 Å². The molecule has 2 rings (SSSR count). The Hall–Kier alpha value is -1.96. The highest BCUT2D eigenvalue weighted by Crippen LogP contribution is 2.19. The lowest BCUT2D eigenvalue weighted by Crippen LogP contribution is -2.15. The van der Waals surface area contributed by atoms with Crippen LogP contribution >= 0.6 is 11.6 Å². The van der Waals surface area contributed by atoms with Crippen molar-refractivity contribution >= 4 is 33.2 Å². The normalized spacial score (nSPS) is 11.2. The molecule has 1 amide bonds. The van der Waals surface area contributed by atoms with Gasteiger partial charge in [0.1, 0.15) is 5.82 Å². The Labute approximate surface area is 125 Å². The summed E-state index contributed by atoms with van der Waals surface area (Å²) in [5, 5.41) is 7.58. The number of nitrogens with two attached hydrogens (primary N) is 1. The lowest BCUT2D eigenvalue weighted by atomic mass is 10.2. The van der Waals surface area contributed by atoms with E-state index in [1.54, 1.807) is 12.1 Å². The average Bonchev–Trinajstić information content (AvgIpc) is 2.39. The van der Waals surface area contributed by atoms with Gasteiger partial charge in [0.05, 0.1) is 10.6 Å². The first-order chi connectivity index (χ1) is 9.77. The third-order valence-corrected chi connectivity index (χ3v) is 3.75. The van der Waals surface area contributed by atoms with E-state index in [-0.39, 0.29) is 16.1 Å². The predicted octanol–water partition coefficient (Wildman–Crippen LogP) is 2.38. The van der Waals surface area contributed by atoms with Crippen LogP contribution in [-0.4, -0.2) is 14.3 Å². The highest BCUT2D eigenvalue weighted by atomic mass is 35.5. The van der Waals surface area contributed by atoms with Crippen molar-refractivity contribution in [3.05, 3.63) is 58.9 Å². The molecular weight excluding hydrogens is 319 g/mol. The Morgan fingerprint density at radius 2 is 1.90 bits per heavy atom. The molecule has 0 unspecified atom stereocenters. The maximum atomic E-state index is 13.8. The van der Waals surface area contributed by atoms with Crippen molar-refractivity contribution in [2.45, 2.75) is 4.90 Å². The molecule has 2 aromatic carbocycles. The number of anilines is 1. The minimum absolute atomic E-state index is 0.160. The number of nitrogens with one attached hydrogen (secondary N) is 1. The monoisotopic (exact) mass is 328 g/mol. The van der Waals surface area contributed by atoms with Crippen LogP contribution in [0.5, 0.6) is 0 Å². The SMILES string of the molecule is NS(=O)(=O)c1ccc(NC(=O)c2cccc(Cl)c2)c(F)c1. The highest BCUT2D eigenvalue weighted by molar-refractivity contribution is 7.89. The van der Waals surface area contributed by atoms with Crippen molar-refractivity contribution in [3.8, 4) is 0 Å². The van der Waals surface area contributed by atoms with Crippen LogP contribution in [0.1, 0.15) is 10.4 Å². The van der Waals surface area contributed by atoms with Crippen LogP contribution in [0.4, 0.5) is 10.1 Å². The molecule has 2 aromatic rings. The smallest absolute Gasteiger partial charge is 0.255 e. The van der Waals surface area contributed by atoms with Crippen LogP contribution in [0.3, 0.4) is 0 Å². The number of hydrogen-bond acceptors (Lipinski definition) is 3. The molecule has 110 valence electrons. The number of halogens is 2. The summed E-state index contributed by atoms with van der Waals surface area (Å²) in [6.45, 7) is 0. The maximum Gasteiger partial charge on any atom is 0.255 e. The molecule has 0 heterocycles. The molecule has 21 heavy (non-hydrogen) atoms. The van der Waals surface area contributed by atoms with Gasteiger partial charge in [-0.05, 0) is 36.4 Å². The zero-order valence-corrected chi connectivity index (χ0v) is 12.1. The molecule has 0 spiro atoms. The van der Waals surface area contributed by atoms with Crippen LogP contribution in [0.2, 0.25) is 5.02 Å². The van der Waals surface area contributed by atoms with Crippen LogP contribution in [0.15, 0.2) is 47.4 Å². The minimum Gasteiger partial charge on any atom is -0.319 e. The van der Waals surface area contributed by atoms with Crippen LogP contribution < -0.4 is 10.5 Å². The number of carbonyl (C=O) groups is 1. The zero-order chi connectivity index (χ0) is 15.6. The van der Waals surface area contributed by atoms with Gasteiger partial charge in [0.15, 0.2) is 0 Å². The Balaban J connectivity index is 2.26. The molecule has 0 atom stereocenters. The van der Waals surface area contributed by atoms with E-state index in [9.17, 15) is 17.6 Å². The van der Waals surface area contributed by atoms with Crippen molar-refractivity contribution in [1.82, 2.24) is 0 Å². The molecular formula is C13H10ClFN2O3S. The zero-order valence-electron chi connectivity index (χ0n) is 10.5. The van der Waals surface area contributed by atoms with E-state index in [4.69, 9.17) is 16.7 Å². The second kappa shape index (κ2) is 5.80. The number of carbonyl (C=O) groups excluding carboxylic acids is 1. The van der Waals surface area contributed by atoms with E-state index in [2.05, 4.69) is 5.32 Å². The van der Waals surface area contributed by atoms with Gasteiger partial charge in [-0.25, -0.2) is 17.9 Å². The lowest BCUT2D eigenvalue weighted by molar-refractivity contribution is 0.102. The van der Waals surface area contributed by atoms with Gasteiger partial charge in [0.2, 0.25) is 10.0 Å². The molecule has 8 heteroatoms. The van der Waals surface area contributed by atoms with Crippen molar-refractivity contribution in [1.29, 1.82) is 0 Å². The van der Waals surface area contributed by atoms with E-state index in [0.717, 1.165) is 18.2 Å². The number of rotatable bonds is 3. The lowest BCUT2D eigenvalue weighted by Gasteiger charge is -2.08. The Morgan fingerprint density at radius 3 is 2.48 bits per heavy atom. The molecule has 0 saturated carbocycles.